The molecule has 0 spiro atoms. The van der Waals surface area contributed by atoms with Gasteiger partial charge in [0.2, 0.25) is 11.8 Å². The van der Waals surface area contributed by atoms with Gasteiger partial charge in [0.15, 0.2) is 0 Å². The third-order valence-corrected chi connectivity index (χ3v) is 5.59. The second-order valence-electron chi connectivity index (χ2n) is 9.37. The smallest absolute Gasteiger partial charge is 0.248 e. The third kappa shape index (κ3) is 5.70. The molecule has 0 radical (unpaired) electrons. The largest absolute Gasteiger partial charge is 0.375 e. The summed E-state index contributed by atoms with van der Waals surface area (Å²) in [5.41, 5.74) is 1.81. The molecule has 2 aromatic carbocycles. The van der Waals surface area contributed by atoms with Crippen LogP contribution in [-0.4, -0.2) is 49.1 Å². The van der Waals surface area contributed by atoms with E-state index in [0.29, 0.717) is 25.9 Å². The van der Waals surface area contributed by atoms with Crippen molar-refractivity contribution in [2.45, 2.75) is 39.2 Å². The summed E-state index contributed by atoms with van der Waals surface area (Å²) < 4.78 is 18.3. The van der Waals surface area contributed by atoms with Crippen LogP contribution in [-0.2, 0) is 20.7 Å². The zero-order valence-corrected chi connectivity index (χ0v) is 18.7. The standard InChI is InChI=1S/C25H31FN2O3/c1-24(2,3)27-23(30)25(12-13-28(17-25)22(29)16-31-4)15-18-6-5-7-20(14-18)19-8-10-21(26)11-9-19/h5-11,14H,12-13,15-17H2,1-4H3,(H,27,30). The number of benzene rings is 2. The average Bonchev–Trinajstić information content (AvgIpc) is 3.13. The molecule has 1 fully saturated rings. The van der Waals surface area contributed by atoms with Crippen LogP contribution in [0.25, 0.3) is 11.1 Å². The Labute approximate surface area is 183 Å². The highest BCUT2D eigenvalue weighted by molar-refractivity contribution is 5.86. The first-order chi connectivity index (χ1) is 14.6. The topological polar surface area (TPSA) is 58.6 Å². The van der Waals surface area contributed by atoms with E-state index in [1.54, 1.807) is 17.0 Å². The van der Waals surface area contributed by atoms with E-state index in [2.05, 4.69) is 5.32 Å². The molecule has 1 N–H and O–H groups in total. The molecule has 1 unspecified atom stereocenters. The van der Waals surface area contributed by atoms with Crippen molar-refractivity contribution < 1.29 is 18.7 Å². The quantitative estimate of drug-likeness (QED) is 0.764. The summed E-state index contributed by atoms with van der Waals surface area (Å²) in [5, 5.41) is 3.12. The first-order valence-electron chi connectivity index (χ1n) is 10.6. The second-order valence-corrected chi connectivity index (χ2v) is 9.37. The monoisotopic (exact) mass is 426 g/mol. The van der Waals surface area contributed by atoms with Crippen LogP contribution >= 0.6 is 0 Å². The molecule has 5 nitrogen and oxygen atoms in total. The summed E-state index contributed by atoms with van der Waals surface area (Å²) in [4.78, 5) is 27.5. The number of halogens is 1. The van der Waals surface area contributed by atoms with Crippen molar-refractivity contribution in [3.8, 4) is 11.1 Å². The number of hydrogen-bond donors (Lipinski definition) is 1. The molecule has 1 atom stereocenters. The lowest BCUT2D eigenvalue weighted by molar-refractivity contribution is -0.136. The molecular formula is C25H31FN2O3. The summed E-state index contributed by atoms with van der Waals surface area (Å²) >= 11 is 0. The maximum Gasteiger partial charge on any atom is 0.248 e. The lowest BCUT2D eigenvalue weighted by Gasteiger charge is -2.32. The normalized spacial score (nSPS) is 18.8. The summed E-state index contributed by atoms with van der Waals surface area (Å²) in [6.45, 7) is 6.76. The zero-order chi connectivity index (χ0) is 22.6. The van der Waals surface area contributed by atoms with E-state index >= 15 is 0 Å². The van der Waals surface area contributed by atoms with Crippen LogP contribution in [0.5, 0.6) is 0 Å². The van der Waals surface area contributed by atoms with E-state index in [1.807, 2.05) is 45.0 Å². The highest BCUT2D eigenvalue weighted by Gasteiger charge is 2.46. The predicted octanol–water partition coefficient (Wildman–Crippen LogP) is 3.82. The Morgan fingerprint density at radius 2 is 1.84 bits per heavy atom. The molecule has 1 aliphatic rings. The van der Waals surface area contributed by atoms with Crippen LogP contribution in [0.1, 0.15) is 32.8 Å². The van der Waals surface area contributed by atoms with Gasteiger partial charge in [0.25, 0.3) is 0 Å². The summed E-state index contributed by atoms with van der Waals surface area (Å²) in [7, 11) is 1.49. The maximum absolute atomic E-state index is 13.4. The van der Waals surface area contributed by atoms with Crippen molar-refractivity contribution in [1.82, 2.24) is 10.2 Å². The molecule has 0 saturated carbocycles. The number of likely N-dealkylation sites (tertiary alicyclic amines) is 1. The minimum Gasteiger partial charge on any atom is -0.375 e. The highest BCUT2D eigenvalue weighted by Crippen LogP contribution is 2.36. The molecule has 0 bridgehead atoms. The fourth-order valence-corrected chi connectivity index (χ4v) is 4.08. The highest BCUT2D eigenvalue weighted by atomic mass is 19.1. The fraction of sp³-hybridized carbons (Fsp3) is 0.440. The van der Waals surface area contributed by atoms with Gasteiger partial charge in [-0.25, -0.2) is 4.39 Å². The number of nitrogens with zero attached hydrogens (tertiary/aromatic N) is 1. The van der Waals surface area contributed by atoms with Crippen molar-refractivity contribution in [3.05, 3.63) is 59.9 Å². The van der Waals surface area contributed by atoms with Crippen LogP contribution in [0.2, 0.25) is 0 Å². The van der Waals surface area contributed by atoms with Crippen LogP contribution < -0.4 is 5.32 Å². The number of amides is 2. The Morgan fingerprint density at radius 3 is 2.48 bits per heavy atom. The molecule has 2 amide bonds. The fourth-order valence-electron chi connectivity index (χ4n) is 4.08. The lowest BCUT2D eigenvalue weighted by atomic mass is 9.78. The number of hydrogen-bond acceptors (Lipinski definition) is 3. The summed E-state index contributed by atoms with van der Waals surface area (Å²) in [6, 6.07) is 14.3. The van der Waals surface area contributed by atoms with Crippen LogP contribution in [0.3, 0.4) is 0 Å². The van der Waals surface area contributed by atoms with Gasteiger partial charge in [0, 0.05) is 25.7 Å². The average molecular weight is 427 g/mol. The molecule has 0 aromatic heterocycles. The van der Waals surface area contributed by atoms with Crippen molar-refractivity contribution in [2.24, 2.45) is 5.41 Å². The van der Waals surface area contributed by atoms with E-state index in [4.69, 9.17) is 4.74 Å². The number of nitrogens with one attached hydrogen (secondary N) is 1. The van der Waals surface area contributed by atoms with E-state index in [-0.39, 0.29) is 29.8 Å². The van der Waals surface area contributed by atoms with Gasteiger partial charge in [0.1, 0.15) is 12.4 Å². The van der Waals surface area contributed by atoms with E-state index in [9.17, 15) is 14.0 Å². The van der Waals surface area contributed by atoms with Gasteiger partial charge >= 0.3 is 0 Å². The number of rotatable bonds is 6. The van der Waals surface area contributed by atoms with Gasteiger partial charge in [-0.2, -0.15) is 0 Å². The Balaban J connectivity index is 1.89. The number of carbonyl (C=O) groups excluding carboxylic acids is 2. The Kier molecular flexibility index (Phi) is 6.80. The summed E-state index contributed by atoms with van der Waals surface area (Å²) in [6.07, 6.45) is 1.10. The van der Waals surface area contributed by atoms with Gasteiger partial charge < -0.3 is 15.0 Å². The minimum atomic E-state index is -0.710. The Hall–Kier alpha value is -2.73. The minimum absolute atomic E-state index is 0.0109. The maximum atomic E-state index is 13.4. The predicted molar refractivity (Wildman–Crippen MR) is 119 cm³/mol. The molecule has 6 heteroatoms. The molecule has 2 aromatic rings. The van der Waals surface area contributed by atoms with Crippen molar-refractivity contribution in [1.29, 1.82) is 0 Å². The molecule has 0 aliphatic carbocycles. The summed E-state index contributed by atoms with van der Waals surface area (Å²) in [5.74, 6) is -0.419. The lowest BCUT2D eigenvalue weighted by Crippen LogP contribution is -2.51. The third-order valence-electron chi connectivity index (χ3n) is 5.59. The number of methoxy groups -OCH3 is 1. The zero-order valence-electron chi connectivity index (χ0n) is 18.7. The molecular weight excluding hydrogens is 395 g/mol. The molecule has 1 aliphatic heterocycles. The van der Waals surface area contributed by atoms with Crippen LogP contribution in [0.15, 0.2) is 48.5 Å². The van der Waals surface area contributed by atoms with Gasteiger partial charge in [-0.3, -0.25) is 9.59 Å². The second kappa shape index (κ2) is 9.18. The van der Waals surface area contributed by atoms with Gasteiger partial charge in [0.05, 0.1) is 5.41 Å². The van der Waals surface area contributed by atoms with Crippen molar-refractivity contribution >= 4 is 11.8 Å². The molecule has 1 saturated heterocycles. The van der Waals surface area contributed by atoms with Gasteiger partial charge in [-0.05, 0) is 62.4 Å². The van der Waals surface area contributed by atoms with E-state index < -0.39 is 5.41 Å². The first-order valence-corrected chi connectivity index (χ1v) is 10.6. The van der Waals surface area contributed by atoms with Crippen molar-refractivity contribution in [3.63, 3.8) is 0 Å². The molecule has 166 valence electrons. The van der Waals surface area contributed by atoms with Gasteiger partial charge in [-0.1, -0.05) is 36.4 Å². The first kappa shape index (κ1) is 22.9. The van der Waals surface area contributed by atoms with Crippen LogP contribution in [0, 0.1) is 11.2 Å². The Bertz CT molecular complexity index is 937. The molecule has 31 heavy (non-hydrogen) atoms. The van der Waals surface area contributed by atoms with Crippen LogP contribution in [0.4, 0.5) is 4.39 Å². The SMILES string of the molecule is COCC(=O)N1CCC(Cc2cccc(-c3ccc(F)cc3)c2)(C(=O)NC(C)(C)C)C1. The molecule has 1 heterocycles. The Morgan fingerprint density at radius 1 is 1.13 bits per heavy atom. The number of carbonyl (C=O) groups is 2. The van der Waals surface area contributed by atoms with E-state index in [0.717, 1.165) is 16.7 Å². The number of ether oxygens (including phenoxy) is 1. The van der Waals surface area contributed by atoms with Gasteiger partial charge in [-0.15, -0.1) is 0 Å². The van der Waals surface area contributed by atoms with Crippen molar-refractivity contribution in [2.75, 3.05) is 26.8 Å². The van der Waals surface area contributed by atoms with E-state index in [1.165, 1.54) is 19.2 Å². The molecule has 3 rings (SSSR count).